The summed E-state index contributed by atoms with van der Waals surface area (Å²) in [5, 5.41) is 0. The molecule has 1 aliphatic rings. The molecule has 2 N–H and O–H groups in total. The van der Waals surface area contributed by atoms with Crippen molar-refractivity contribution < 1.29 is 4.39 Å². The van der Waals surface area contributed by atoms with E-state index in [1.54, 1.807) is 12.3 Å². The molecule has 1 aliphatic heterocycles. The van der Waals surface area contributed by atoms with Crippen LogP contribution in [0.1, 0.15) is 30.5 Å². The minimum Gasteiger partial charge on any atom is -0.362 e. The maximum atomic E-state index is 13.6. The molecule has 1 aromatic carbocycles. The summed E-state index contributed by atoms with van der Waals surface area (Å²) < 4.78 is 13.6. The first kappa shape index (κ1) is 14.0. The van der Waals surface area contributed by atoms with Crippen LogP contribution in [0.2, 0.25) is 0 Å². The van der Waals surface area contributed by atoms with Crippen LogP contribution in [0.25, 0.3) is 0 Å². The Kier molecular flexibility index (Phi) is 3.88. The number of aromatic nitrogens is 1. The van der Waals surface area contributed by atoms with E-state index in [-0.39, 0.29) is 17.9 Å². The second-order valence-corrected chi connectivity index (χ2v) is 5.52. The van der Waals surface area contributed by atoms with Crippen LogP contribution in [0, 0.1) is 5.82 Å². The molecule has 0 saturated carbocycles. The lowest BCUT2D eigenvalue weighted by molar-refractivity contribution is 0.496. The third-order valence-corrected chi connectivity index (χ3v) is 4.22. The molecule has 110 valence electrons. The fourth-order valence-corrected chi connectivity index (χ4v) is 3.10. The van der Waals surface area contributed by atoms with Gasteiger partial charge in [0.05, 0.1) is 6.04 Å². The minimum absolute atomic E-state index is 0.0107. The van der Waals surface area contributed by atoms with Crippen molar-refractivity contribution in [2.45, 2.75) is 31.8 Å². The summed E-state index contributed by atoms with van der Waals surface area (Å²) in [6.07, 6.45) is 5.41. The van der Waals surface area contributed by atoms with Crippen molar-refractivity contribution in [1.29, 1.82) is 0 Å². The quantitative estimate of drug-likeness (QED) is 0.938. The molecule has 0 aliphatic carbocycles. The van der Waals surface area contributed by atoms with Gasteiger partial charge < -0.3 is 10.6 Å². The van der Waals surface area contributed by atoms with Gasteiger partial charge in [-0.25, -0.2) is 4.39 Å². The van der Waals surface area contributed by atoms with Crippen LogP contribution in [-0.4, -0.2) is 17.6 Å². The Labute approximate surface area is 124 Å². The SMILES string of the molecule is CCC(N)C(c1cccnc1)N1CCc2ccc(F)cc21. The highest BCUT2D eigenvalue weighted by Crippen LogP contribution is 2.37. The molecule has 2 unspecified atom stereocenters. The van der Waals surface area contributed by atoms with Gasteiger partial charge in [-0.2, -0.15) is 0 Å². The van der Waals surface area contributed by atoms with Crippen molar-refractivity contribution >= 4 is 5.69 Å². The van der Waals surface area contributed by atoms with Gasteiger partial charge >= 0.3 is 0 Å². The molecule has 0 amide bonds. The fraction of sp³-hybridized carbons (Fsp3) is 0.353. The molecule has 0 radical (unpaired) electrons. The van der Waals surface area contributed by atoms with Crippen LogP contribution < -0.4 is 10.6 Å². The minimum atomic E-state index is -0.198. The number of nitrogens with two attached hydrogens (primary N) is 1. The number of hydrogen-bond donors (Lipinski definition) is 1. The molecular weight excluding hydrogens is 265 g/mol. The zero-order valence-corrected chi connectivity index (χ0v) is 12.2. The third kappa shape index (κ3) is 2.63. The number of pyridine rings is 1. The molecule has 3 rings (SSSR count). The molecule has 1 aromatic heterocycles. The normalized spacial score (nSPS) is 16.6. The van der Waals surface area contributed by atoms with Gasteiger partial charge in [0.2, 0.25) is 0 Å². The van der Waals surface area contributed by atoms with E-state index in [0.717, 1.165) is 30.6 Å². The van der Waals surface area contributed by atoms with Crippen LogP contribution in [-0.2, 0) is 6.42 Å². The first-order valence-electron chi connectivity index (χ1n) is 7.41. The molecule has 21 heavy (non-hydrogen) atoms. The Morgan fingerprint density at radius 1 is 1.38 bits per heavy atom. The highest BCUT2D eigenvalue weighted by molar-refractivity contribution is 5.60. The summed E-state index contributed by atoms with van der Waals surface area (Å²) in [7, 11) is 0. The molecule has 4 heteroatoms. The standard InChI is InChI=1S/C17H20FN3/c1-2-15(19)17(13-4-3-8-20-11-13)21-9-7-12-5-6-14(18)10-16(12)21/h3-6,8,10-11,15,17H,2,7,9,19H2,1H3. The smallest absolute Gasteiger partial charge is 0.125 e. The lowest BCUT2D eigenvalue weighted by atomic mass is 9.97. The molecule has 0 bridgehead atoms. The molecule has 2 aromatic rings. The Balaban J connectivity index is 2.02. The average molecular weight is 285 g/mol. The van der Waals surface area contributed by atoms with Crippen molar-refractivity contribution in [2.24, 2.45) is 5.73 Å². The number of rotatable bonds is 4. The average Bonchev–Trinajstić information content (AvgIpc) is 2.91. The van der Waals surface area contributed by atoms with Crippen molar-refractivity contribution in [3.63, 3.8) is 0 Å². The third-order valence-electron chi connectivity index (χ3n) is 4.22. The van der Waals surface area contributed by atoms with Crippen molar-refractivity contribution in [3.8, 4) is 0 Å². The Morgan fingerprint density at radius 3 is 2.95 bits per heavy atom. The van der Waals surface area contributed by atoms with Gasteiger partial charge in [0.1, 0.15) is 5.82 Å². The summed E-state index contributed by atoms with van der Waals surface area (Å²) in [5.41, 5.74) is 9.60. The molecule has 3 nitrogen and oxygen atoms in total. The molecule has 0 fully saturated rings. The number of nitrogens with zero attached hydrogens (tertiary/aromatic N) is 2. The highest BCUT2D eigenvalue weighted by atomic mass is 19.1. The van der Waals surface area contributed by atoms with E-state index in [1.807, 2.05) is 24.4 Å². The zero-order valence-electron chi connectivity index (χ0n) is 12.2. The molecule has 2 atom stereocenters. The molecule has 0 saturated heterocycles. The van der Waals surface area contributed by atoms with Crippen LogP contribution in [0.3, 0.4) is 0 Å². The van der Waals surface area contributed by atoms with E-state index < -0.39 is 0 Å². The topological polar surface area (TPSA) is 42.1 Å². The number of hydrogen-bond acceptors (Lipinski definition) is 3. The maximum Gasteiger partial charge on any atom is 0.125 e. The van der Waals surface area contributed by atoms with Gasteiger partial charge in [-0.05, 0) is 42.2 Å². The molecule has 0 spiro atoms. The van der Waals surface area contributed by atoms with Crippen molar-refractivity contribution in [2.75, 3.05) is 11.4 Å². The van der Waals surface area contributed by atoms with Crippen molar-refractivity contribution in [3.05, 3.63) is 59.7 Å². The van der Waals surface area contributed by atoms with E-state index in [4.69, 9.17) is 5.73 Å². The number of benzene rings is 1. The summed E-state index contributed by atoms with van der Waals surface area (Å²) >= 11 is 0. The summed E-state index contributed by atoms with van der Waals surface area (Å²) in [6, 6.07) is 9.02. The van der Waals surface area contributed by atoms with E-state index in [0.29, 0.717) is 0 Å². The number of halogens is 1. The van der Waals surface area contributed by atoms with E-state index in [9.17, 15) is 4.39 Å². The van der Waals surface area contributed by atoms with E-state index >= 15 is 0 Å². The van der Waals surface area contributed by atoms with Gasteiger partial charge in [0.15, 0.2) is 0 Å². The first-order valence-corrected chi connectivity index (χ1v) is 7.41. The van der Waals surface area contributed by atoms with Crippen LogP contribution in [0.5, 0.6) is 0 Å². The number of fused-ring (bicyclic) bond motifs is 1. The van der Waals surface area contributed by atoms with Crippen LogP contribution in [0.15, 0.2) is 42.7 Å². The molecule has 2 heterocycles. The molecular formula is C17H20FN3. The summed E-state index contributed by atoms with van der Waals surface area (Å²) in [4.78, 5) is 6.44. The lowest BCUT2D eigenvalue weighted by Crippen LogP contribution is -2.40. The summed E-state index contributed by atoms with van der Waals surface area (Å²) in [6.45, 7) is 2.95. The predicted molar refractivity (Wildman–Crippen MR) is 82.7 cm³/mol. The zero-order chi connectivity index (χ0) is 14.8. The van der Waals surface area contributed by atoms with E-state index in [2.05, 4.69) is 16.8 Å². The van der Waals surface area contributed by atoms with Gasteiger partial charge in [-0.15, -0.1) is 0 Å². The second kappa shape index (κ2) is 5.82. The highest BCUT2D eigenvalue weighted by Gasteiger charge is 2.31. The lowest BCUT2D eigenvalue weighted by Gasteiger charge is -2.34. The summed E-state index contributed by atoms with van der Waals surface area (Å²) in [5.74, 6) is -0.198. The Morgan fingerprint density at radius 2 is 2.24 bits per heavy atom. The van der Waals surface area contributed by atoms with Gasteiger partial charge in [0, 0.05) is 30.7 Å². The van der Waals surface area contributed by atoms with Gasteiger partial charge in [0.25, 0.3) is 0 Å². The van der Waals surface area contributed by atoms with E-state index in [1.165, 1.54) is 11.6 Å². The maximum absolute atomic E-state index is 13.6. The second-order valence-electron chi connectivity index (χ2n) is 5.52. The predicted octanol–water partition coefficient (Wildman–Crippen LogP) is 3.06. The van der Waals surface area contributed by atoms with Crippen molar-refractivity contribution in [1.82, 2.24) is 4.98 Å². The van der Waals surface area contributed by atoms with Gasteiger partial charge in [-0.1, -0.05) is 19.1 Å². The Hall–Kier alpha value is -1.94. The fourth-order valence-electron chi connectivity index (χ4n) is 3.10. The Bertz CT molecular complexity index is 615. The monoisotopic (exact) mass is 285 g/mol. The largest absolute Gasteiger partial charge is 0.362 e. The van der Waals surface area contributed by atoms with Crippen LogP contribution >= 0.6 is 0 Å². The van der Waals surface area contributed by atoms with Crippen LogP contribution in [0.4, 0.5) is 10.1 Å². The first-order chi connectivity index (χ1) is 10.2. The van der Waals surface area contributed by atoms with Gasteiger partial charge in [-0.3, -0.25) is 4.98 Å². The number of anilines is 1.